The van der Waals surface area contributed by atoms with Gasteiger partial charge < -0.3 is 15.2 Å². The van der Waals surface area contributed by atoms with Crippen molar-refractivity contribution in [3.05, 3.63) is 11.6 Å². The van der Waals surface area contributed by atoms with E-state index < -0.39 is 0 Å². The lowest BCUT2D eigenvalue weighted by Gasteiger charge is -2.32. The smallest absolute Gasteiger partial charge is 0.191 e. The highest BCUT2D eigenvalue weighted by molar-refractivity contribution is 5.79. The summed E-state index contributed by atoms with van der Waals surface area (Å²) in [6.07, 6.45) is 6.68. The second kappa shape index (κ2) is 8.49. The van der Waals surface area contributed by atoms with Crippen LogP contribution in [-0.2, 0) is 13.6 Å². The van der Waals surface area contributed by atoms with Gasteiger partial charge in [-0.25, -0.2) is 4.99 Å². The lowest BCUT2D eigenvalue weighted by Crippen LogP contribution is -2.43. The van der Waals surface area contributed by atoms with Crippen molar-refractivity contribution in [2.45, 2.75) is 66.3 Å². The summed E-state index contributed by atoms with van der Waals surface area (Å²) in [6.45, 7) is 11.1. The fraction of sp³-hybridized carbons (Fsp3) is 0.833. The van der Waals surface area contributed by atoms with Crippen LogP contribution in [0, 0.1) is 18.3 Å². The van der Waals surface area contributed by atoms with Crippen LogP contribution in [0.5, 0.6) is 0 Å². The normalized spacial score (nSPS) is 17.5. The highest BCUT2D eigenvalue weighted by Crippen LogP contribution is 2.42. The molecule has 1 heterocycles. The molecular weight excluding hydrogens is 300 g/mol. The quantitative estimate of drug-likeness (QED) is 0.594. The Kier molecular flexibility index (Phi) is 6.63. The average molecular weight is 335 g/mol. The molecule has 6 heteroatoms. The van der Waals surface area contributed by atoms with Gasteiger partial charge in [-0.15, -0.1) is 10.2 Å². The zero-order chi connectivity index (χ0) is 17.6. The van der Waals surface area contributed by atoms with Crippen LogP contribution in [0.1, 0.15) is 64.5 Å². The lowest BCUT2D eigenvalue weighted by atomic mass is 9.78. The standard InChI is InChI=1S/C18H34N6/c1-6-19-17(20-12-16-23-22-15(4)24(16)5)21-13-18(11-14(2)3)9-7-8-10-18/h14H,6-13H2,1-5H3,(H2,19,20,21). The Balaban J connectivity index is 1.99. The molecule has 0 atom stereocenters. The Labute approximate surface area is 146 Å². The summed E-state index contributed by atoms with van der Waals surface area (Å²) in [5, 5.41) is 15.2. The largest absolute Gasteiger partial charge is 0.357 e. The first-order chi connectivity index (χ1) is 11.5. The highest BCUT2D eigenvalue weighted by Gasteiger charge is 2.34. The summed E-state index contributed by atoms with van der Waals surface area (Å²) in [5.41, 5.74) is 0.436. The molecule has 0 spiro atoms. The predicted molar refractivity (Wildman–Crippen MR) is 98.9 cm³/mol. The molecule has 0 saturated heterocycles. The summed E-state index contributed by atoms with van der Waals surface area (Å²) in [6, 6.07) is 0. The van der Waals surface area contributed by atoms with E-state index in [1.807, 2.05) is 18.5 Å². The van der Waals surface area contributed by atoms with E-state index in [-0.39, 0.29) is 0 Å². The Morgan fingerprint density at radius 1 is 1.25 bits per heavy atom. The van der Waals surface area contributed by atoms with E-state index >= 15 is 0 Å². The first kappa shape index (κ1) is 18.7. The molecular formula is C18H34N6. The molecule has 0 amide bonds. The summed E-state index contributed by atoms with van der Waals surface area (Å²) in [4.78, 5) is 4.70. The molecule has 1 aliphatic rings. The van der Waals surface area contributed by atoms with E-state index in [0.717, 1.165) is 36.6 Å². The molecule has 1 aromatic heterocycles. The average Bonchev–Trinajstić information content (AvgIpc) is 3.11. The number of hydrogen-bond acceptors (Lipinski definition) is 3. The molecule has 2 rings (SSSR count). The maximum absolute atomic E-state index is 4.70. The van der Waals surface area contributed by atoms with Crippen molar-refractivity contribution in [2.75, 3.05) is 13.1 Å². The van der Waals surface area contributed by atoms with Gasteiger partial charge in [0, 0.05) is 20.1 Å². The molecule has 1 aromatic rings. The van der Waals surface area contributed by atoms with Crippen molar-refractivity contribution in [2.24, 2.45) is 23.4 Å². The third-order valence-corrected chi connectivity index (χ3v) is 5.04. The van der Waals surface area contributed by atoms with Crippen molar-refractivity contribution >= 4 is 5.96 Å². The summed E-state index contributed by atoms with van der Waals surface area (Å²) in [7, 11) is 1.98. The van der Waals surface area contributed by atoms with Crippen LogP contribution in [0.25, 0.3) is 0 Å². The van der Waals surface area contributed by atoms with Crippen LogP contribution in [0.4, 0.5) is 0 Å². The van der Waals surface area contributed by atoms with Gasteiger partial charge in [0.15, 0.2) is 11.8 Å². The zero-order valence-corrected chi connectivity index (χ0v) is 16.0. The van der Waals surface area contributed by atoms with Gasteiger partial charge in [-0.1, -0.05) is 26.7 Å². The van der Waals surface area contributed by atoms with Gasteiger partial charge >= 0.3 is 0 Å². The van der Waals surface area contributed by atoms with Crippen LogP contribution in [-0.4, -0.2) is 33.8 Å². The molecule has 0 aliphatic heterocycles. The summed E-state index contributed by atoms with van der Waals surface area (Å²) < 4.78 is 1.99. The van der Waals surface area contributed by atoms with E-state index in [1.54, 1.807) is 0 Å². The Hall–Kier alpha value is -1.59. The van der Waals surface area contributed by atoms with Crippen molar-refractivity contribution < 1.29 is 0 Å². The Morgan fingerprint density at radius 3 is 2.50 bits per heavy atom. The number of rotatable bonds is 7. The van der Waals surface area contributed by atoms with Gasteiger partial charge in [0.2, 0.25) is 0 Å². The molecule has 0 aromatic carbocycles. The van der Waals surface area contributed by atoms with Crippen LogP contribution in [0.2, 0.25) is 0 Å². The van der Waals surface area contributed by atoms with Gasteiger partial charge in [0.05, 0.1) is 0 Å². The molecule has 136 valence electrons. The molecule has 0 radical (unpaired) electrons. The van der Waals surface area contributed by atoms with Crippen LogP contribution >= 0.6 is 0 Å². The van der Waals surface area contributed by atoms with Crippen LogP contribution in [0.3, 0.4) is 0 Å². The number of aliphatic imine (C=N–C) groups is 1. The molecule has 0 unspecified atom stereocenters. The van der Waals surface area contributed by atoms with Gasteiger partial charge in [0.25, 0.3) is 0 Å². The third-order valence-electron chi connectivity index (χ3n) is 5.04. The summed E-state index contributed by atoms with van der Waals surface area (Å²) in [5.74, 6) is 3.43. The topological polar surface area (TPSA) is 67.1 Å². The predicted octanol–water partition coefficient (Wildman–Crippen LogP) is 2.79. The zero-order valence-electron chi connectivity index (χ0n) is 16.0. The molecule has 1 aliphatic carbocycles. The number of aryl methyl sites for hydroxylation is 1. The minimum Gasteiger partial charge on any atom is -0.357 e. The van der Waals surface area contributed by atoms with E-state index in [9.17, 15) is 0 Å². The van der Waals surface area contributed by atoms with Crippen LogP contribution < -0.4 is 10.6 Å². The fourth-order valence-corrected chi connectivity index (χ4v) is 3.80. The van der Waals surface area contributed by atoms with Gasteiger partial charge in [-0.05, 0) is 44.4 Å². The van der Waals surface area contributed by atoms with Gasteiger partial charge in [-0.2, -0.15) is 0 Å². The van der Waals surface area contributed by atoms with E-state index in [4.69, 9.17) is 4.99 Å². The third kappa shape index (κ3) is 4.95. The SMILES string of the molecule is CCNC(=NCc1nnc(C)n1C)NCC1(CC(C)C)CCCC1. The van der Waals surface area contributed by atoms with Crippen molar-refractivity contribution in [3.63, 3.8) is 0 Å². The second-order valence-corrected chi connectivity index (χ2v) is 7.58. The lowest BCUT2D eigenvalue weighted by molar-refractivity contribution is 0.234. The highest BCUT2D eigenvalue weighted by atomic mass is 15.3. The number of aromatic nitrogens is 3. The Bertz CT molecular complexity index is 540. The van der Waals surface area contributed by atoms with Crippen molar-refractivity contribution in [3.8, 4) is 0 Å². The summed E-state index contributed by atoms with van der Waals surface area (Å²) >= 11 is 0. The monoisotopic (exact) mass is 334 g/mol. The molecule has 0 bridgehead atoms. The van der Waals surface area contributed by atoms with Crippen molar-refractivity contribution in [1.29, 1.82) is 0 Å². The molecule has 1 saturated carbocycles. The van der Waals surface area contributed by atoms with E-state index in [0.29, 0.717) is 12.0 Å². The van der Waals surface area contributed by atoms with Crippen molar-refractivity contribution in [1.82, 2.24) is 25.4 Å². The first-order valence-electron chi connectivity index (χ1n) is 9.33. The minimum atomic E-state index is 0.436. The molecule has 6 nitrogen and oxygen atoms in total. The number of nitrogens with zero attached hydrogens (tertiary/aromatic N) is 4. The van der Waals surface area contributed by atoms with Gasteiger partial charge in [-0.3, -0.25) is 0 Å². The first-order valence-corrected chi connectivity index (χ1v) is 9.33. The molecule has 2 N–H and O–H groups in total. The second-order valence-electron chi connectivity index (χ2n) is 7.58. The van der Waals surface area contributed by atoms with Gasteiger partial charge in [0.1, 0.15) is 12.4 Å². The molecule has 24 heavy (non-hydrogen) atoms. The van der Waals surface area contributed by atoms with E-state index in [1.165, 1.54) is 32.1 Å². The number of hydrogen-bond donors (Lipinski definition) is 2. The minimum absolute atomic E-state index is 0.436. The van der Waals surface area contributed by atoms with Crippen LogP contribution in [0.15, 0.2) is 4.99 Å². The maximum Gasteiger partial charge on any atom is 0.191 e. The fourth-order valence-electron chi connectivity index (χ4n) is 3.80. The maximum atomic E-state index is 4.70. The molecule has 1 fully saturated rings. The van der Waals surface area contributed by atoms with E-state index in [2.05, 4.69) is 41.6 Å². The Morgan fingerprint density at radius 2 is 1.96 bits per heavy atom. The number of guanidine groups is 1. The number of nitrogens with one attached hydrogen (secondary N) is 2.